The molecule has 0 bridgehead atoms. The minimum absolute atomic E-state index is 0.342. The van der Waals surface area contributed by atoms with E-state index in [0.717, 1.165) is 17.1 Å². The van der Waals surface area contributed by atoms with Gasteiger partial charge in [0.25, 0.3) is 0 Å². The summed E-state index contributed by atoms with van der Waals surface area (Å²) >= 11 is 0. The number of nitrogens with zero attached hydrogens (tertiary/aromatic N) is 3. The summed E-state index contributed by atoms with van der Waals surface area (Å²) in [6.07, 6.45) is 1.55. The first-order chi connectivity index (χ1) is 14.3. The fourth-order valence-electron chi connectivity index (χ4n) is 2.70. The van der Waals surface area contributed by atoms with Crippen molar-refractivity contribution in [2.45, 2.75) is 0 Å². The molecule has 7 heteroatoms. The van der Waals surface area contributed by atoms with Crippen molar-refractivity contribution in [1.82, 2.24) is 15.2 Å². The van der Waals surface area contributed by atoms with Crippen LogP contribution in [-0.2, 0) is 0 Å². The number of aromatic nitrogens is 3. The number of methoxy groups -OCH3 is 1. The zero-order valence-electron chi connectivity index (χ0n) is 15.7. The molecule has 4 rings (SSSR count). The number of ether oxygens (including phenoxy) is 2. The molecule has 0 aliphatic carbocycles. The van der Waals surface area contributed by atoms with E-state index in [0.29, 0.717) is 23.3 Å². The normalized spacial score (nSPS) is 10.2. The molecule has 0 atom stereocenters. The molecular formula is C22H19N5O2. The average molecular weight is 385 g/mol. The molecule has 1 heterocycles. The van der Waals surface area contributed by atoms with Gasteiger partial charge in [-0.05, 0) is 36.4 Å². The van der Waals surface area contributed by atoms with E-state index in [1.165, 1.54) is 0 Å². The molecule has 29 heavy (non-hydrogen) atoms. The van der Waals surface area contributed by atoms with Crippen LogP contribution in [0.3, 0.4) is 0 Å². The van der Waals surface area contributed by atoms with Crippen LogP contribution in [0.15, 0.2) is 85.1 Å². The topological polar surface area (TPSA) is 81.2 Å². The smallest absolute Gasteiger partial charge is 0.249 e. The number of nitrogens with one attached hydrogen (secondary N) is 2. The molecule has 0 amide bonds. The highest BCUT2D eigenvalue weighted by molar-refractivity contribution is 5.66. The zero-order valence-corrected chi connectivity index (χ0v) is 15.7. The van der Waals surface area contributed by atoms with Gasteiger partial charge >= 0.3 is 0 Å². The van der Waals surface area contributed by atoms with E-state index in [2.05, 4.69) is 25.8 Å². The van der Waals surface area contributed by atoms with Crippen LogP contribution in [0.2, 0.25) is 0 Å². The van der Waals surface area contributed by atoms with Crippen LogP contribution in [0.1, 0.15) is 0 Å². The fourth-order valence-corrected chi connectivity index (χ4v) is 2.70. The lowest BCUT2D eigenvalue weighted by Gasteiger charge is -2.13. The Kier molecular flexibility index (Phi) is 5.48. The zero-order chi connectivity index (χ0) is 19.9. The van der Waals surface area contributed by atoms with Crippen LogP contribution in [0.25, 0.3) is 0 Å². The molecule has 1 aromatic heterocycles. The van der Waals surface area contributed by atoms with Gasteiger partial charge in [-0.2, -0.15) is 10.1 Å². The Hall–Kier alpha value is -4.13. The van der Waals surface area contributed by atoms with Crippen molar-refractivity contribution in [3.8, 4) is 17.2 Å². The number of hydrogen-bond donors (Lipinski definition) is 2. The average Bonchev–Trinajstić information content (AvgIpc) is 2.77. The third kappa shape index (κ3) is 4.59. The van der Waals surface area contributed by atoms with E-state index in [-0.39, 0.29) is 0 Å². The Morgan fingerprint density at radius 3 is 2.14 bits per heavy atom. The molecule has 0 aliphatic rings. The van der Waals surface area contributed by atoms with Gasteiger partial charge in [-0.3, -0.25) is 0 Å². The second-order valence-corrected chi connectivity index (χ2v) is 6.03. The van der Waals surface area contributed by atoms with Gasteiger partial charge in [0.2, 0.25) is 5.95 Å². The number of hydrogen-bond acceptors (Lipinski definition) is 7. The minimum Gasteiger partial charge on any atom is -0.495 e. The fraction of sp³-hybridized carbons (Fsp3) is 0.0455. The summed E-state index contributed by atoms with van der Waals surface area (Å²) < 4.78 is 11.3. The molecule has 144 valence electrons. The van der Waals surface area contributed by atoms with Gasteiger partial charge in [0, 0.05) is 0 Å². The van der Waals surface area contributed by atoms with Gasteiger partial charge in [-0.25, -0.2) is 0 Å². The molecule has 0 saturated heterocycles. The lowest BCUT2D eigenvalue weighted by Crippen LogP contribution is -2.03. The van der Waals surface area contributed by atoms with Crippen LogP contribution >= 0.6 is 0 Å². The predicted octanol–water partition coefficient (Wildman–Crippen LogP) is 5.16. The van der Waals surface area contributed by atoms with E-state index in [9.17, 15) is 0 Å². The summed E-state index contributed by atoms with van der Waals surface area (Å²) in [5.74, 6) is 2.99. The highest BCUT2D eigenvalue weighted by Crippen LogP contribution is 2.31. The molecule has 0 aliphatic heterocycles. The Bertz CT molecular complexity index is 1090. The van der Waals surface area contributed by atoms with Crippen LogP contribution in [0, 0.1) is 0 Å². The van der Waals surface area contributed by atoms with Crippen molar-refractivity contribution < 1.29 is 9.47 Å². The summed E-state index contributed by atoms with van der Waals surface area (Å²) in [6.45, 7) is 0. The van der Waals surface area contributed by atoms with E-state index in [1.54, 1.807) is 13.3 Å². The third-order valence-corrected chi connectivity index (χ3v) is 4.03. The van der Waals surface area contributed by atoms with E-state index < -0.39 is 0 Å². The van der Waals surface area contributed by atoms with Crippen LogP contribution in [0.5, 0.6) is 17.2 Å². The van der Waals surface area contributed by atoms with Crippen molar-refractivity contribution in [3.63, 3.8) is 0 Å². The van der Waals surface area contributed by atoms with Gasteiger partial charge in [0.05, 0.1) is 24.7 Å². The van der Waals surface area contributed by atoms with E-state index >= 15 is 0 Å². The van der Waals surface area contributed by atoms with Crippen LogP contribution in [-0.4, -0.2) is 22.3 Å². The Balaban J connectivity index is 1.54. The Morgan fingerprint density at radius 1 is 0.724 bits per heavy atom. The molecule has 0 fully saturated rings. The maximum absolute atomic E-state index is 5.97. The molecule has 0 radical (unpaired) electrons. The van der Waals surface area contributed by atoms with Gasteiger partial charge in [0.1, 0.15) is 11.5 Å². The number of anilines is 4. The standard InChI is InChI=1S/C22H19N5O2/c1-28-19-13-7-5-11-17(19)24-21-15-23-27-22(26-21)25-18-12-6-8-14-20(18)29-16-9-3-2-4-10-16/h2-15H,1H3,(H2,24,25,26,27). The molecule has 3 aromatic carbocycles. The monoisotopic (exact) mass is 385 g/mol. The number of benzene rings is 3. The molecule has 0 saturated carbocycles. The molecule has 4 aromatic rings. The second kappa shape index (κ2) is 8.71. The van der Waals surface area contributed by atoms with Crippen molar-refractivity contribution in [2.24, 2.45) is 0 Å². The summed E-state index contributed by atoms with van der Waals surface area (Å²) in [7, 11) is 1.62. The van der Waals surface area contributed by atoms with Gasteiger partial charge in [-0.15, -0.1) is 5.10 Å². The Morgan fingerprint density at radius 2 is 1.38 bits per heavy atom. The van der Waals surface area contributed by atoms with Gasteiger partial charge < -0.3 is 20.1 Å². The van der Waals surface area contributed by atoms with Crippen LogP contribution in [0.4, 0.5) is 23.1 Å². The van der Waals surface area contributed by atoms with Crippen molar-refractivity contribution >= 4 is 23.1 Å². The molecule has 0 spiro atoms. The second-order valence-electron chi connectivity index (χ2n) is 6.03. The quantitative estimate of drug-likeness (QED) is 0.455. The molecular weight excluding hydrogens is 366 g/mol. The SMILES string of the molecule is COc1ccccc1Nc1cnnc(Nc2ccccc2Oc2ccccc2)n1. The van der Waals surface area contributed by atoms with Gasteiger partial charge in [0.15, 0.2) is 11.6 Å². The summed E-state index contributed by atoms with van der Waals surface area (Å²) in [5.41, 5.74) is 1.52. The van der Waals surface area contributed by atoms with E-state index in [1.807, 2.05) is 78.9 Å². The van der Waals surface area contributed by atoms with Crippen LogP contribution < -0.4 is 20.1 Å². The first kappa shape index (κ1) is 18.2. The molecule has 7 nitrogen and oxygen atoms in total. The minimum atomic E-state index is 0.342. The number of rotatable bonds is 7. The van der Waals surface area contributed by atoms with Crippen molar-refractivity contribution in [1.29, 1.82) is 0 Å². The van der Waals surface area contributed by atoms with Crippen molar-refractivity contribution in [2.75, 3.05) is 17.7 Å². The first-order valence-corrected chi connectivity index (χ1v) is 9.00. The largest absolute Gasteiger partial charge is 0.495 e. The highest BCUT2D eigenvalue weighted by Gasteiger charge is 2.09. The molecule has 2 N–H and O–H groups in total. The van der Waals surface area contributed by atoms with Gasteiger partial charge in [-0.1, -0.05) is 42.5 Å². The summed E-state index contributed by atoms with van der Waals surface area (Å²) in [6, 6.07) is 24.7. The lowest BCUT2D eigenvalue weighted by atomic mass is 10.3. The maximum Gasteiger partial charge on any atom is 0.249 e. The predicted molar refractivity (Wildman–Crippen MR) is 112 cm³/mol. The first-order valence-electron chi connectivity index (χ1n) is 9.00. The summed E-state index contributed by atoms with van der Waals surface area (Å²) in [5, 5.41) is 14.5. The summed E-state index contributed by atoms with van der Waals surface area (Å²) in [4.78, 5) is 4.48. The third-order valence-electron chi connectivity index (χ3n) is 4.03. The lowest BCUT2D eigenvalue weighted by molar-refractivity contribution is 0.417. The van der Waals surface area contributed by atoms with Crippen molar-refractivity contribution in [3.05, 3.63) is 85.1 Å². The number of para-hydroxylation sites is 5. The maximum atomic E-state index is 5.97. The molecule has 0 unspecified atom stereocenters. The highest BCUT2D eigenvalue weighted by atomic mass is 16.5. The van der Waals surface area contributed by atoms with E-state index in [4.69, 9.17) is 9.47 Å². The Labute approximate surface area is 168 Å².